The molecule has 2 aromatic heterocycles. The van der Waals surface area contributed by atoms with Gasteiger partial charge in [0, 0.05) is 34.3 Å². The van der Waals surface area contributed by atoms with Crippen molar-refractivity contribution in [1.82, 2.24) is 25.1 Å². The van der Waals surface area contributed by atoms with Crippen LogP contribution < -0.4 is 10.1 Å². The Labute approximate surface area is 248 Å². The second-order valence-electron chi connectivity index (χ2n) is 10.1. The number of carbonyl (C=O) groups excluding carboxylic acids is 1. The van der Waals surface area contributed by atoms with E-state index in [2.05, 4.69) is 39.2 Å². The number of hydrogen-bond donors (Lipinski definition) is 1. The zero-order valence-corrected chi connectivity index (χ0v) is 24.1. The maximum absolute atomic E-state index is 13.3. The van der Waals surface area contributed by atoms with E-state index in [1.54, 1.807) is 19.4 Å². The number of rotatable bonds is 8. The van der Waals surface area contributed by atoms with E-state index in [9.17, 15) is 4.79 Å². The van der Waals surface area contributed by atoms with Gasteiger partial charge in [-0.15, -0.1) is 10.2 Å². The van der Waals surface area contributed by atoms with E-state index >= 15 is 0 Å². The molecule has 0 unspecified atom stereocenters. The van der Waals surface area contributed by atoms with Crippen molar-refractivity contribution in [2.45, 2.75) is 25.8 Å². The second kappa shape index (κ2) is 11.6. The normalized spacial score (nSPS) is 14.0. The van der Waals surface area contributed by atoms with Gasteiger partial charge >= 0.3 is 0 Å². The smallest absolute Gasteiger partial charge is 0.222 e. The van der Waals surface area contributed by atoms with Crippen LogP contribution in [0, 0.1) is 6.92 Å². The Morgan fingerprint density at radius 2 is 1.93 bits per heavy atom. The van der Waals surface area contributed by atoms with Crippen LogP contribution in [-0.2, 0) is 11.2 Å². The van der Waals surface area contributed by atoms with E-state index in [-0.39, 0.29) is 12.3 Å². The number of ether oxygens (including phenoxy) is 1. The lowest BCUT2D eigenvalue weighted by atomic mass is 10.00. The molecule has 5 aromatic rings. The molecule has 3 aromatic carbocycles. The first kappa shape index (κ1) is 27.4. The van der Waals surface area contributed by atoms with Crippen molar-refractivity contribution in [3.63, 3.8) is 0 Å². The predicted octanol–water partition coefficient (Wildman–Crippen LogP) is 6.07. The Morgan fingerprint density at radius 1 is 1.10 bits per heavy atom. The molecule has 6 rings (SSSR count). The fourth-order valence-electron chi connectivity index (χ4n) is 5.24. The molecule has 1 aliphatic heterocycles. The topological polar surface area (TPSA) is 94.3 Å². The fourth-order valence-corrected chi connectivity index (χ4v) is 5.36. The molecule has 1 atom stereocenters. The number of aromatic nitrogens is 4. The highest BCUT2D eigenvalue weighted by Gasteiger charge is 2.30. The molecule has 0 aliphatic carbocycles. The molecule has 1 N–H and O–H groups in total. The van der Waals surface area contributed by atoms with E-state index in [4.69, 9.17) is 21.3 Å². The first-order valence-corrected chi connectivity index (χ1v) is 14.0. The van der Waals surface area contributed by atoms with E-state index in [1.165, 1.54) is 0 Å². The van der Waals surface area contributed by atoms with Gasteiger partial charge < -0.3 is 10.1 Å². The number of fused-ring (bicyclic) bond motifs is 4. The van der Waals surface area contributed by atoms with Crippen molar-refractivity contribution in [1.29, 1.82) is 0 Å². The van der Waals surface area contributed by atoms with Crippen LogP contribution in [0.4, 0.5) is 0 Å². The monoisotopic (exact) mass is 576 g/mol. The zero-order chi connectivity index (χ0) is 29.2. The van der Waals surface area contributed by atoms with Gasteiger partial charge in [0.1, 0.15) is 17.6 Å². The average molecular weight is 577 g/mol. The first-order chi connectivity index (χ1) is 20.4. The van der Waals surface area contributed by atoms with Gasteiger partial charge in [-0.05, 0) is 73.0 Å². The molecule has 9 heteroatoms. The lowest BCUT2D eigenvalue weighted by molar-refractivity contribution is -0.121. The Hall–Kier alpha value is -4.82. The third kappa shape index (κ3) is 5.41. The number of halogens is 1. The summed E-state index contributed by atoms with van der Waals surface area (Å²) in [6.45, 7) is 6.21. The third-order valence-electron chi connectivity index (χ3n) is 7.37. The van der Waals surface area contributed by atoms with E-state index in [1.807, 2.05) is 66.1 Å². The summed E-state index contributed by atoms with van der Waals surface area (Å²) in [6, 6.07) is 21.0. The summed E-state index contributed by atoms with van der Waals surface area (Å²) < 4.78 is 7.51. The van der Waals surface area contributed by atoms with Crippen LogP contribution in [-0.4, -0.2) is 45.0 Å². The number of methoxy groups -OCH3 is 1. The van der Waals surface area contributed by atoms with Crippen LogP contribution in [0.5, 0.6) is 5.75 Å². The minimum Gasteiger partial charge on any atom is -0.497 e. The Balaban J connectivity index is 1.27. The van der Waals surface area contributed by atoms with Crippen molar-refractivity contribution < 1.29 is 9.53 Å². The van der Waals surface area contributed by atoms with E-state index < -0.39 is 6.04 Å². The molecule has 1 aliphatic rings. The van der Waals surface area contributed by atoms with Gasteiger partial charge in [0.2, 0.25) is 5.91 Å². The summed E-state index contributed by atoms with van der Waals surface area (Å²) >= 11 is 6.20. The van der Waals surface area contributed by atoms with Crippen molar-refractivity contribution >= 4 is 40.2 Å². The van der Waals surface area contributed by atoms with Crippen molar-refractivity contribution in [3.8, 4) is 11.4 Å². The summed E-state index contributed by atoms with van der Waals surface area (Å²) in [5.41, 5.74) is 6.34. The molecule has 0 saturated heterocycles. The van der Waals surface area contributed by atoms with Crippen LogP contribution in [0.2, 0.25) is 5.02 Å². The Morgan fingerprint density at radius 3 is 2.71 bits per heavy atom. The minimum atomic E-state index is -0.556. The number of benzene rings is 3. The summed E-state index contributed by atoms with van der Waals surface area (Å²) in [7, 11) is 1.63. The van der Waals surface area contributed by atoms with Crippen LogP contribution in [0.25, 0.3) is 22.7 Å². The highest BCUT2D eigenvalue weighted by atomic mass is 35.5. The second-order valence-corrected chi connectivity index (χ2v) is 10.6. The summed E-state index contributed by atoms with van der Waals surface area (Å²) in [5.74, 6) is 1.90. The average Bonchev–Trinajstić information content (AvgIpc) is 3.33. The number of pyridine rings is 1. The lowest BCUT2D eigenvalue weighted by Crippen LogP contribution is -2.27. The van der Waals surface area contributed by atoms with Crippen LogP contribution in [0.15, 0.2) is 84.5 Å². The highest BCUT2D eigenvalue weighted by Crippen LogP contribution is 2.34. The summed E-state index contributed by atoms with van der Waals surface area (Å²) in [4.78, 5) is 22.9. The molecule has 8 nitrogen and oxygen atoms in total. The molecular weight excluding hydrogens is 548 g/mol. The van der Waals surface area contributed by atoms with Gasteiger partial charge in [-0.1, -0.05) is 42.5 Å². The van der Waals surface area contributed by atoms with Crippen molar-refractivity contribution in [2.75, 3.05) is 13.7 Å². The van der Waals surface area contributed by atoms with Crippen molar-refractivity contribution in [3.05, 3.63) is 118 Å². The number of hydrogen-bond acceptors (Lipinski definition) is 6. The predicted molar refractivity (Wildman–Crippen MR) is 166 cm³/mol. The summed E-state index contributed by atoms with van der Waals surface area (Å²) in [5, 5.41) is 13.6. The molecule has 1 amide bonds. The Kier molecular flexibility index (Phi) is 7.54. The van der Waals surface area contributed by atoms with Crippen LogP contribution >= 0.6 is 11.6 Å². The largest absolute Gasteiger partial charge is 0.497 e. The van der Waals surface area contributed by atoms with E-state index in [0.717, 1.165) is 44.6 Å². The van der Waals surface area contributed by atoms with Gasteiger partial charge in [0.05, 0.1) is 30.4 Å². The molecule has 210 valence electrons. The Bertz CT molecular complexity index is 1840. The molecule has 0 spiro atoms. The molecule has 0 bridgehead atoms. The quantitative estimate of drug-likeness (QED) is 0.242. The number of aliphatic imine (C=N–C) groups is 1. The number of nitrogens with one attached hydrogen (secondary N) is 1. The minimum absolute atomic E-state index is 0.116. The number of carbonyl (C=O) groups is 1. The summed E-state index contributed by atoms with van der Waals surface area (Å²) in [6.07, 6.45) is 4.39. The van der Waals surface area contributed by atoms with Gasteiger partial charge in [0.25, 0.3) is 0 Å². The molecule has 42 heavy (non-hydrogen) atoms. The lowest BCUT2D eigenvalue weighted by Gasteiger charge is -2.14. The maximum Gasteiger partial charge on any atom is 0.222 e. The first-order valence-electron chi connectivity index (χ1n) is 13.7. The number of amides is 1. The van der Waals surface area contributed by atoms with E-state index in [0.29, 0.717) is 35.4 Å². The van der Waals surface area contributed by atoms with Crippen molar-refractivity contribution in [2.24, 2.45) is 4.99 Å². The number of aryl methyl sites for hydroxylation is 1. The maximum atomic E-state index is 13.3. The van der Waals surface area contributed by atoms with Gasteiger partial charge in [0.15, 0.2) is 5.82 Å². The molecule has 3 heterocycles. The van der Waals surface area contributed by atoms with Crippen LogP contribution in [0.1, 0.15) is 46.4 Å². The highest BCUT2D eigenvalue weighted by molar-refractivity contribution is 6.30. The SMILES string of the molecule is C=Cc1cnc2ccc(CCNC(=O)C[C@@H]3N=C(c4ccc(Cl)cc4)c4cc(OC)ccc4-n4c(C)nnc43)cc2c1. The standard InChI is InChI=1S/C33H29ClN6O2/c1-4-21-15-24-16-22(5-11-28(24)36-19-21)13-14-35-31(41)18-29-33-39-38-20(2)40(33)30-12-10-26(42-3)17-27(30)32(37-29)23-6-8-25(34)9-7-23/h4-12,15-17,19,29H,1,13-14,18H2,2-3H3,(H,35,41)/t29-/m0/s1. The molecule has 0 saturated carbocycles. The van der Waals surface area contributed by atoms with Gasteiger partial charge in [-0.25, -0.2) is 0 Å². The molecule has 0 fully saturated rings. The molecular formula is C33H29ClN6O2. The van der Waals surface area contributed by atoms with Gasteiger partial charge in [-0.3, -0.25) is 19.3 Å². The number of nitrogens with zero attached hydrogens (tertiary/aromatic N) is 5. The van der Waals surface area contributed by atoms with Crippen LogP contribution in [0.3, 0.4) is 0 Å². The van der Waals surface area contributed by atoms with Gasteiger partial charge in [-0.2, -0.15) is 0 Å². The zero-order valence-electron chi connectivity index (χ0n) is 23.3. The fraction of sp³-hybridized carbons (Fsp3) is 0.182. The molecule has 0 radical (unpaired) electrons. The third-order valence-corrected chi connectivity index (χ3v) is 7.62.